The van der Waals surface area contributed by atoms with E-state index >= 15 is 0 Å². The quantitative estimate of drug-likeness (QED) is 0.676. The summed E-state index contributed by atoms with van der Waals surface area (Å²) in [5.41, 5.74) is -1.35. The molecule has 3 rings (SSSR count). The number of carbonyl (C=O) groups is 3. The van der Waals surface area contributed by atoms with Crippen LogP contribution in [0.1, 0.15) is 64.2 Å². The number of hydrogen-bond acceptors (Lipinski definition) is 4. The SMILES string of the molecule is [O]N1C2(CCC(=O)CC2)CC(=O)CC12CCC(=O)CC2. The van der Waals surface area contributed by atoms with Crippen LogP contribution in [0.5, 0.6) is 0 Å². The number of rotatable bonds is 0. The third-order valence-electron chi connectivity index (χ3n) is 5.39. The van der Waals surface area contributed by atoms with Crippen molar-refractivity contribution in [2.75, 3.05) is 0 Å². The maximum absolute atomic E-state index is 13.0. The summed E-state index contributed by atoms with van der Waals surface area (Å²) in [5.74, 6) is 0.505. The van der Waals surface area contributed by atoms with E-state index < -0.39 is 11.1 Å². The van der Waals surface area contributed by atoms with E-state index in [-0.39, 0.29) is 30.2 Å². The molecule has 0 atom stereocenters. The molecule has 0 unspecified atom stereocenters. The molecule has 0 N–H and O–H groups in total. The van der Waals surface area contributed by atoms with E-state index in [1.807, 2.05) is 0 Å². The highest BCUT2D eigenvalue weighted by Crippen LogP contribution is 2.48. The Bertz CT molecular complexity index is 410. The van der Waals surface area contributed by atoms with Gasteiger partial charge in [0.25, 0.3) is 0 Å². The molecule has 0 aromatic heterocycles. The van der Waals surface area contributed by atoms with Gasteiger partial charge in [0, 0.05) is 38.5 Å². The van der Waals surface area contributed by atoms with Crippen LogP contribution in [0, 0.1) is 0 Å². The minimum atomic E-state index is -0.677. The van der Waals surface area contributed by atoms with Gasteiger partial charge in [0.15, 0.2) is 0 Å². The van der Waals surface area contributed by atoms with Gasteiger partial charge in [0.1, 0.15) is 17.3 Å². The minimum absolute atomic E-state index is 0.126. The molecular formula is C15H20NO4. The predicted molar refractivity (Wildman–Crippen MR) is 69.2 cm³/mol. The number of nitrogens with zero attached hydrogens (tertiary/aromatic N) is 1. The first kappa shape index (κ1) is 13.9. The van der Waals surface area contributed by atoms with Gasteiger partial charge in [-0.25, -0.2) is 0 Å². The largest absolute Gasteiger partial charge is 0.300 e. The fourth-order valence-electron chi connectivity index (χ4n) is 4.19. The number of carbonyl (C=O) groups excluding carboxylic acids is 3. The van der Waals surface area contributed by atoms with Crippen LogP contribution in [0.2, 0.25) is 0 Å². The first-order valence-electron chi connectivity index (χ1n) is 7.48. The Morgan fingerprint density at radius 3 is 1.35 bits per heavy atom. The zero-order chi connectivity index (χ0) is 14.4. The van der Waals surface area contributed by atoms with E-state index in [0.717, 1.165) is 5.06 Å². The smallest absolute Gasteiger partial charge is 0.136 e. The van der Waals surface area contributed by atoms with Crippen molar-refractivity contribution in [1.29, 1.82) is 0 Å². The summed E-state index contributed by atoms with van der Waals surface area (Å²) in [6, 6.07) is 0. The normalized spacial score (nSPS) is 30.1. The van der Waals surface area contributed by atoms with Gasteiger partial charge in [-0.15, -0.1) is 10.3 Å². The topological polar surface area (TPSA) is 74.3 Å². The lowest BCUT2D eigenvalue weighted by Gasteiger charge is -2.54. The fourth-order valence-corrected chi connectivity index (χ4v) is 4.19. The van der Waals surface area contributed by atoms with Crippen molar-refractivity contribution in [2.24, 2.45) is 0 Å². The molecular weight excluding hydrogens is 258 g/mol. The molecule has 5 heteroatoms. The second-order valence-electron chi connectivity index (χ2n) is 6.71. The number of hydroxylamine groups is 2. The van der Waals surface area contributed by atoms with Gasteiger partial charge >= 0.3 is 0 Å². The number of hydrogen-bond donors (Lipinski definition) is 0. The van der Waals surface area contributed by atoms with Gasteiger partial charge in [-0.05, 0) is 25.7 Å². The van der Waals surface area contributed by atoms with Crippen LogP contribution in [0.4, 0.5) is 0 Å². The maximum Gasteiger partial charge on any atom is 0.136 e. The summed E-state index contributed by atoms with van der Waals surface area (Å²) >= 11 is 0. The number of Topliss-reactive ketones (excluding diaryl/α,β-unsaturated/α-hetero) is 3. The molecule has 2 saturated carbocycles. The van der Waals surface area contributed by atoms with E-state index in [4.69, 9.17) is 0 Å². The van der Waals surface area contributed by atoms with E-state index in [2.05, 4.69) is 0 Å². The molecule has 109 valence electrons. The zero-order valence-corrected chi connectivity index (χ0v) is 11.7. The number of ketones is 3. The van der Waals surface area contributed by atoms with Gasteiger partial charge in [-0.1, -0.05) is 0 Å². The molecule has 0 amide bonds. The fraction of sp³-hybridized carbons (Fsp3) is 0.800. The van der Waals surface area contributed by atoms with Crippen LogP contribution in [0.25, 0.3) is 0 Å². The molecule has 2 spiro atoms. The molecule has 1 radical (unpaired) electrons. The van der Waals surface area contributed by atoms with Crippen LogP contribution >= 0.6 is 0 Å². The average molecular weight is 278 g/mol. The third-order valence-corrected chi connectivity index (χ3v) is 5.39. The molecule has 0 aromatic carbocycles. The van der Waals surface area contributed by atoms with Gasteiger partial charge in [-0.2, -0.15) is 0 Å². The molecule has 3 fully saturated rings. The van der Waals surface area contributed by atoms with Gasteiger partial charge < -0.3 is 0 Å². The van der Waals surface area contributed by atoms with Crippen molar-refractivity contribution in [3.05, 3.63) is 0 Å². The maximum atomic E-state index is 13.0. The van der Waals surface area contributed by atoms with Gasteiger partial charge in [0.05, 0.1) is 11.1 Å². The molecule has 20 heavy (non-hydrogen) atoms. The molecule has 1 aliphatic heterocycles. The molecule has 5 nitrogen and oxygen atoms in total. The van der Waals surface area contributed by atoms with Crippen molar-refractivity contribution in [2.45, 2.75) is 75.3 Å². The van der Waals surface area contributed by atoms with Crippen LogP contribution in [-0.4, -0.2) is 33.5 Å². The standard InChI is InChI=1S/C15H20NO4/c17-11-1-5-14(6-2-11)9-13(19)10-15(16(14)20)7-3-12(18)4-8-15/h1-10H2. The summed E-state index contributed by atoms with van der Waals surface area (Å²) in [6.45, 7) is 0. The second-order valence-corrected chi connectivity index (χ2v) is 6.71. The Hall–Kier alpha value is -1.07. The van der Waals surface area contributed by atoms with Crippen molar-refractivity contribution in [3.8, 4) is 0 Å². The van der Waals surface area contributed by atoms with Gasteiger partial charge in [0.2, 0.25) is 0 Å². The van der Waals surface area contributed by atoms with Crippen molar-refractivity contribution < 1.29 is 19.6 Å². The van der Waals surface area contributed by atoms with Crippen LogP contribution < -0.4 is 0 Å². The van der Waals surface area contributed by atoms with Crippen molar-refractivity contribution >= 4 is 17.3 Å². The monoisotopic (exact) mass is 278 g/mol. The molecule has 0 aromatic rings. The van der Waals surface area contributed by atoms with Crippen molar-refractivity contribution in [1.82, 2.24) is 5.06 Å². The Balaban J connectivity index is 1.87. The highest BCUT2D eigenvalue weighted by molar-refractivity contribution is 5.85. The van der Waals surface area contributed by atoms with E-state index in [1.165, 1.54) is 0 Å². The lowest BCUT2D eigenvalue weighted by Crippen LogP contribution is -2.65. The summed E-state index contributed by atoms with van der Waals surface area (Å²) in [4.78, 5) is 35.1. The predicted octanol–water partition coefficient (Wildman–Crippen LogP) is 1.76. The average Bonchev–Trinajstić information content (AvgIpc) is 2.43. The Labute approximate surface area is 118 Å². The van der Waals surface area contributed by atoms with E-state index in [1.54, 1.807) is 0 Å². The highest BCUT2D eigenvalue weighted by Gasteiger charge is 2.56. The summed E-state index contributed by atoms with van der Waals surface area (Å²) < 4.78 is 0. The first-order chi connectivity index (χ1) is 9.46. The Morgan fingerprint density at radius 1 is 0.650 bits per heavy atom. The van der Waals surface area contributed by atoms with Crippen LogP contribution in [0.3, 0.4) is 0 Å². The minimum Gasteiger partial charge on any atom is -0.300 e. The van der Waals surface area contributed by atoms with E-state index in [0.29, 0.717) is 51.4 Å². The van der Waals surface area contributed by atoms with E-state index in [9.17, 15) is 19.6 Å². The summed E-state index contributed by atoms with van der Waals surface area (Å²) in [5, 5.41) is 14.1. The molecule has 2 aliphatic carbocycles. The van der Waals surface area contributed by atoms with Crippen molar-refractivity contribution in [3.63, 3.8) is 0 Å². The van der Waals surface area contributed by atoms with Gasteiger partial charge in [-0.3, -0.25) is 14.4 Å². The summed E-state index contributed by atoms with van der Waals surface area (Å²) in [7, 11) is 0. The molecule has 3 aliphatic rings. The molecule has 1 saturated heterocycles. The second kappa shape index (κ2) is 4.74. The summed E-state index contributed by atoms with van der Waals surface area (Å²) in [6.07, 6.45) is 4.16. The first-order valence-corrected chi connectivity index (χ1v) is 7.48. The molecule has 1 heterocycles. The van der Waals surface area contributed by atoms with Crippen LogP contribution in [-0.2, 0) is 19.6 Å². The Kier molecular flexibility index (Phi) is 3.29. The zero-order valence-electron chi connectivity index (χ0n) is 11.7. The number of piperidine rings is 1. The van der Waals surface area contributed by atoms with Crippen LogP contribution in [0.15, 0.2) is 0 Å². The Morgan fingerprint density at radius 2 is 1.00 bits per heavy atom. The lowest BCUT2D eigenvalue weighted by atomic mass is 9.66. The highest BCUT2D eigenvalue weighted by atomic mass is 16.5. The third kappa shape index (κ3) is 2.13. The lowest BCUT2D eigenvalue weighted by molar-refractivity contribution is -0.307. The molecule has 0 bridgehead atoms.